The van der Waals surface area contributed by atoms with E-state index in [9.17, 15) is 9.59 Å². The summed E-state index contributed by atoms with van der Waals surface area (Å²) in [5.74, 6) is -0.894. The van der Waals surface area contributed by atoms with E-state index in [2.05, 4.69) is 31.2 Å². The highest BCUT2D eigenvalue weighted by atomic mass is 79.9. The van der Waals surface area contributed by atoms with Gasteiger partial charge in [0.25, 0.3) is 5.91 Å². The van der Waals surface area contributed by atoms with Crippen LogP contribution < -0.4 is 5.32 Å². The minimum Gasteiger partial charge on any atom is -0.477 e. The number of imidazole rings is 1. The Morgan fingerprint density at radius 3 is 2.71 bits per heavy atom. The maximum absolute atomic E-state index is 12.3. The number of nitrogens with one attached hydrogen (secondary N) is 2. The van der Waals surface area contributed by atoms with Gasteiger partial charge >= 0.3 is 5.97 Å². The molecule has 7 nitrogen and oxygen atoms in total. The molecule has 21 heavy (non-hydrogen) atoms. The summed E-state index contributed by atoms with van der Waals surface area (Å²) in [5, 5.41) is 11.9. The van der Waals surface area contributed by atoms with Gasteiger partial charge in [0.1, 0.15) is 11.5 Å². The van der Waals surface area contributed by atoms with Gasteiger partial charge in [-0.05, 0) is 41.3 Å². The third-order valence-corrected chi connectivity index (χ3v) is 4.30. The number of H-pyrrole nitrogens is 1. The Kier molecular flexibility index (Phi) is 3.32. The van der Waals surface area contributed by atoms with Gasteiger partial charge in [-0.15, -0.1) is 0 Å². The van der Waals surface area contributed by atoms with E-state index in [1.165, 1.54) is 12.5 Å². The number of carbonyl (C=O) groups excluding carboxylic acids is 1. The summed E-state index contributed by atoms with van der Waals surface area (Å²) >= 11 is 3.17. The van der Waals surface area contributed by atoms with Gasteiger partial charge in [0, 0.05) is 0 Å². The van der Waals surface area contributed by atoms with Crippen LogP contribution in [0.1, 0.15) is 45.9 Å². The maximum Gasteiger partial charge on any atom is 0.353 e. The molecule has 1 aliphatic rings. The minimum absolute atomic E-state index is 0.00927. The van der Waals surface area contributed by atoms with Gasteiger partial charge in [0.15, 0.2) is 4.67 Å². The van der Waals surface area contributed by atoms with Gasteiger partial charge in [-0.25, -0.2) is 9.78 Å². The Morgan fingerprint density at radius 1 is 1.48 bits per heavy atom. The number of aromatic amines is 1. The molecule has 3 rings (SSSR count). The fourth-order valence-corrected chi connectivity index (χ4v) is 2.78. The summed E-state index contributed by atoms with van der Waals surface area (Å²) in [6.45, 7) is 0. The number of furan rings is 1. The summed E-state index contributed by atoms with van der Waals surface area (Å²) in [5.41, 5.74) is -0.233. The van der Waals surface area contributed by atoms with Crippen LogP contribution in [0.4, 0.5) is 0 Å². The molecule has 3 N–H and O–H groups in total. The van der Waals surface area contributed by atoms with Gasteiger partial charge in [0.05, 0.1) is 23.6 Å². The summed E-state index contributed by atoms with van der Waals surface area (Å²) in [6, 6.07) is 1.57. The molecule has 0 radical (unpaired) electrons. The predicted octanol–water partition coefficient (Wildman–Crippen LogP) is 2.27. The van der Waals surface area contributed by atoms with Crippen LogP contribution >= 0.6 is 15.9 Å². The molecule has 8 heteroatoms. The van der Waals surface area contributed by atoms with Crippen molar-refractivity contribution in [3.05, 3.63) is 40.3 Å². The van der Waals surface area contributed by atoms with Crippen molar-refractivity contribution in [1.29, 1.82) is 0 Å². The molecule has 0 spiro atoms. The highest BCUT2D eigenvalue weighted by Crippen LogP contribution is 2.40. The van der Waals surface area contributed by atoms with E-state index in [-0.39, 0.29) is 11.6 Å². The third kappa shape index (κ3) is 2.35. The molecule has 0 aromatic carbocycles. The molecule has 0 aliphatic heterocycles. The second-order valence-electron chi connectivity index (χ2n) is 4.95. The van der Waals surface area contributed by atoms with E-state index in [1.54, 1.807) is 6.07 Å². The Bertz CT molecular complexity index is 702. The number of amides is 1. The third-order valence-electron chi connectivity index (χ3n) is 3.68. The Morgan fingerprint density at radius 2 is 2.24 bits per heavy atom. The molecule has 0 bridgehead atoms. The number of hydrogen-bond donors (Lipinski definition) is 3. The lowest BCUT2D eigenvalue weighted by Crippen LogP contribution is -2.51. The monoisotopic (exact) mass is 353 g/mol. The molecule has 0 atom stereocenters. The van der Waals surface area contributed by atoms with Gasteiger partial charge in [0.2, 0.25) is 0 Å². The Hall–Kier alpha value is -2.09. The molecule has 2 aromatic heterocycles. The molecule has 110 valence electrons. The number of rotatable bonds is 4. The minimum atomic E-state index is -1.08. The SMILES string of the molecule is O=C(O)c1cnc(C2(NC(=O)c3ccoc3Br)CCC2)[nH]1. The largest absolute Gasteiger partial charge is 0.477 e. The Balaban J connectivity index is 1.85. The van der Waals surface area contributed by atoms with Crippen molar-refractivity contribution in [2.75, 3.05) is 0 Å². The van der Waals surface area contributed by atoms with Crippen LogP contribution in [0, 0.1) is 0 Å². The summed E-state index contributed by atoms with van der Waals surface area (Å²) in [6.07, 6.45) is 5.04. The normalized spacial score (nSPS) is 16.2. The topological polar surface area (TPSA) is 108 Å². The smallest absolute Gasteiger partial charge is 0.353 e. The van der Waals surface area contributed by atoms with Gasteiger partial charge < -0.3 is 19.8 Å². The Labute approximate surface area is 127 Å². The fourth-order valence-electron chi connectivity index (χ4n) is 2.36. The molecular weight excluding hydrogens is 342 g/mol. The summed E-state index contributed by atoms with van der Waals surface area (Å²) in [4.78, 5) is 30.1. The zero-order chi connectivity index (χ0) is 15.0. The van der Waals surface area contributed by atoms with Crippen molar-refractivity contribution < 1.29 is 19.1 Å². The number of carbonyl (C=O) groups is 2. The van der Waals surface area contributed by atoms with Crippen molar-refractivity contribution in [2.24, 2.45) is 0 Å². The van der Waals surface area contributed by atoms with Gasteiger partial charge in [-0.2, -0.15) is 0 Å². The number of aromatic carboxylic acids is 1. The van der Waals surface area contributed by atoms with Crippen LogP contribution in [0.5, 0.6) is 0 Å². The zero-order valence-corrected chi connectivity index (χ0v) is 12.4. The molecule has 1 saturated carbocycles. The average Bonchev–Trinajstić information content (AvgIpc) is 3.02. The molecule has 0 unspecified atom stereocenters. The van der Waals surface area contributed by atoms with E-state index in [0.717, 1.165) is 6.42 Å². The first kappa shape index (κ1) is 13.9. The number of hydrogen-bond acceptors (Lipinski definition) is 4. The molecule has 0 saturated heterocycles. The highest BCUT2D eigenvalue weighted by Gasteiger charge is 2.43. The van der Waals surface area contributed by atoms with E-state index in [4.69, 9.17) is 9.52 Å². The predicted molar refractivity (Wildman–Crippen MR) is 75.0 cm³/mol. The molecule has 2 heterocycles. The van der Waals surface area contributed by atoms with Crippen molar-refractivity contribution in [2.45, 2.75) is 24.8 Å². The van der Waals surface area contributed by atoms with Crippen LogP contribution in [-0.4, -0.2) is 27.0 Å². The highest BCUT2D eigenvalue weighted by molar-refractivity contribution is 9.10. The van der Waals surface area contributed by atoms with Gasteiger partial charge in [-0.3, -0.25) is 4.79 Å². The number of halogens is 1. The fraction of sp³-hybridized carbons (Fsp3) is 0.308. The summed E-state index contributed by atoms with van der Waals surface area (Å²) < 4.78 is 5.41. The molecule has 2 aromatic rings. The van der Waals surface area contributed by atoms with Crippen molar-refractivity contribution in [3.63, 3.8) is 0 Å². The number of nitrogens with zero attached hydrogens (tertiary/aromatic N) is 1. The lowest BCUT2D eigenvalue weighted by atomic mass is 9.76. The molecule has 1 amide bonds. The van der Waals surface area contributed by atoms with Crippen molar-refractivity contribution in [3.8, 4) is 0 Å². The number of carboxylic acids is 1. The van der Waals surface area contributed by atoms with Crippen LogP contribution in [0.3, 0.4) is 0 Å². The number of carboxylic acid groups (broad SMARTS) is 1. The standard InChI is InChI=1S/C13H12BrN3O4/c14-9-7(2-5-21-9)10(18)17-13(3-1-4-13)12-15-6-8(16-12)11(19)20/h2,5-6H,1,3-4H2,(H,15,16)(H,17,18)(H,19,20). The van der Waals surface area contributed by atoms with Gasteiger partial charge in [-0.1, -0.05) is 0 Å². The van der Waals surface area contributed by atoms with Crippen LogP contribution in [-0.2, 0) is 5.54 Å². The first-order valence-corrected chi connectivity index (χ1v) is 7.15. The summed E-state index contributed by atoms with van der Waals surface area (Å²) in [7, 11) is 0. The quantitative estimate of drug-likeness (QED) is 0.781. The lowest BCUT2D eigenvalue weighted by Gasteiger charge is -2.40. The molecule has 1 aliphatic carbocycles. The van der Waals surface area contributed by atoms with Crippen LogP contribution in [0.15, 0.2) is 27.6 Å². The first-order valence-electron chi connectivity index (χ1n) is 6.36. The van der Waals surface area contributed by atoms with Crippen LogP contribution in [0.2, 0.25) is 0 Å². The zero-order valence-electron chi connectivity index (χ0n) is 10.9. The van der Waals surface area contributed by atoms with Crippen molar-refractivity contribution in [1.82, 2.24) is 15.3 Å². The van der Waals surface area contributed by atoms with E-state index >= 15 is 0 Å². The lowest BCUT2D eigenvalue weighted by molar-refractivity contribution is 0.0690. The first-order chi connectivity index (χ1) is 10.0. The second kappa shape index (κ2) is 5.03. The van der Waals surface area contributed by atoms with Crippen LogP contribution in [0.25, 0.3) is 0 Å². The molecular formula is C13H12BrN3O4. The average molecular weight is 354 g/mol. The maximum atomic E-state index is 12.3. The van der Waals surface area contributed by atoms with E-state index < -0.39 is 11.5 Å². The van der Waals surface area contributed by atoms with E-state index in [1.807, 2.05) is 0 Å². The van der Waals surface area contributed by atoms with E-state index in [0.29, 0.717) is 28.9 Å². The second-order valence-corrected chi connectivity index (χ2v) is 5.67. The number of aromatic nitrogens is 2. The molecule has 1 fully saturated rings. The van der Waals surface area contributed by atoms with Crippen molar-refractivity contribution >= 4 is 27.8 Å².